The van der Waals surface area contributed by atoms with Crippen LogP contribution in [0.3, 0.4) is 0 Å². The molecule has 3 atom stereocenters. The molecule has 1 aliphatic heterocycles. The summed E-state index contributed by atoms with van der Waals surface area (Å²) in [5.41, 5.74) is -0.769. The van der Waals surface area contributed by atoms with Gasteiger partial charge in [-0.15, -0.1) is 0 Å². The van der Waals surface area contributed by atoms with Crippen LogP contribution in [-0.4, -0.2) is 34.6 Å². The van der Waals surface area contributed by atoms with Crippen molar-refractivity contribution in [1.82, 2.24) is 5.32 Å². The van der Waals surface area contributed by atoms with E-state index in [1.165, 1.54) is 0 Å². The molecule has 0 aliphatic carbocycles. The number of benzene rings is 3. The molecule has 3 aromatic rings. The van der Waals surface area contributed by atoms with Gasteiger partial charge < -0.3 is 15.2 Å². The summed E-state index contributed by atoms with van der Waals surface area (Å²) in [6.45, 7) is 6.02. The van der Waals surface area contributed by atoms with E-state index in [1.54, 1.807) is 25.3 Å². The third kappa shape index (κ3) is 5.22. The predicted octanol–water partition coefficient (Wildman–Crippen LogP) is 6.01. The monoisotopic (exact) mass is 493 g/mol. The van der Waals surface area contributed by atoms with E-state index in [2.05, 4.69) is 42.6 Å². The van der Waals surface area contributed by atoms with Crippen molar-refractivity contribution in [3.63, 3.8) is 0 Å². The average Bonchev–Trinajstić information content (AvgIpc) is 3.40. The Kier molecular flexibility index (Phi) is 7.92. The molecular weight excluding hydrogens is 458 g/mol. The summed E-state index contributed by atoms with van der Waals surface area (Å²) in [4.78, 5) is 4.86. The Hall–Kier alpha value is -3.72. The number of ether oxygens (including phenoxy) is 1. The van der Waals surface area contributed by atoms with E-state index in [4.69, 9.17) is 9.73 Å². The number of aliphatic imine (C=N–C) groups is 1. The molecule has 1 heterocycles. The van der Waals surface area contributed by atoms with Crippen LogP contribution in [0, 0.1) is 11.3 Å². The summed E-state index contributed by atoms with van der Waals surface area (Å²) in [6, 6.07) is 29.6. The van der Waals surface area contributed by atoms with E-state index in [1.807, 2.05) is 67.6 Å². The third-order valence-corrected chi connectivity index (χ3v) is 7.49. The van der Waals surface area contributed by atoms with Crippen LogP contribution < -0.4 is 10.1 Å². The first-order valence-corrected chi connectivity index (χ1v) is 12.8. The maximum Gasteiger partial charge on any atom is 0.164 e. The van der Waals surface area contributed by atoms with E-state index < -0.39 is 16.7 Å². The number of para-hydroxylation sites is 1. The second-order valence-corrected chi connectivity index (χ2v) is 9.96. The van der Waals surface area contributed by atoms with Crippen LogP contribution in [0.15, 0.2) is 102 Å². The van der Waals surface area contributed by atoms with Crippen molar-refractivity contribution in [2.24, 2.45) is 4.99 Å². The number of allylic oxidation sites excluding steroid dienone is 1. The molecule has 0 saturated carbocycles. The second kappa shape index (κ2) is 11.1. The Bertz CT molecular complexity index is 1230. The number of nitriles is 1. The second-order valence-electron chi connectivity index (χ2n) is 9.96. The number of aliphatic hydroxyl groups is 1. The van der Waals surface area contributed by atoms with E-state index in [9.17, 15) is 10.4 Å². The van der Waals surface area contributed by atoms with Crippen LogP contribution in [-0.2, 0) is 0 Å². The molecule has 0 spiro atoms. The van der Waals surface area contributed by atoms with Crippen molar-refractivity contribution in [3.8, 4) is 11.8 Å². The van der Waals surface area contributed by atoms with Crippen molar-refractivity contribution in [2.75, 3.05) is 6.54 Å². The molecule has 0 aromatic heterocycles. The van der Waals surface area contributed by atoms with E-state index in [0.29, 0.717) is 17.7 Å². The molecule has 37 heavy (non-hydrogen) atoms. The maximum atomic E-state index is 12.3. The summed E-state index contributed by atoms with van der Waals surface area (Å²) in [5.74, 6) is 0.432. The van der Waals surface area contributed by atoms with Crippen LogP contribution in [0.1, 0.15) is 56.3 Å². The van der Waals surface area contributed by atoms with Gasteiger partial charge in [-0.25, -0.2) is 0 Å². The first-order valence-electron chi connectivity index (χ1n) is 12.8. The summed E-state index contributed by atoms with van der Waals surface area (Å²) < 4.78 is 6.69. The molecule has 2 N–H and O–H groups in total. The third-order valence-electron chi connectivity index (χ3n) is 7.49. The van der Waals surface area contributed by atoms with Gasteiger partial charge in [0.2, 0.25) is 0 Å². The molecule has 1 aliphatic rings. The molecule has 0 saturated heterocycles. The van der Waals surface area contributed by atoms with E-state index >= 15 is 0 Å². The average molecular weight is 494 g/mol. The minimum Gasteiger partial charge on any atom is -0.480 e. The fraction of sp³-hybridized carbons (Fsp3) is 0.312. The number of nitrogens with one attached hydrogen (secondary N) is 1. The van der Waals surface area contributed by atoms with Crippen molar-refractivity contribution in [2.45, 2.75) is 56.4 Å². The highest BCUT2D eigenvalue weighted by atomic mass is 16.5. The van der Waals surface area contributed by atoms with Crippen molar-refractivity contribution in [3.05, 3.63) is 114 Å². The zero-order chi connectivity index (χ0) is 26.4. The minimum atomic E-state index is -1.39. The standard InChI is InChI=1S/C32H35N3O2/c1-4-20-32(21-13-22-35-32)31(3,37-28-19-12-11-18-27(28)23-33)30(2,36)24-34-29(25-14-7-5-8-15-25)26-16-9-6-10-17-26/h5-19,21-22,29,34,36H,4,20,24H2,1-3H3. The van der Waals surface area contributed by atoms with E-state index in [-0.39, 0.29) is 12.6 Å². The highest BCUT2D eigenvalue weighted by Gasteiger charge is 2.59. The van der Waals surface area contributed by atoms with Crippen LogP contribution >= 0.6 is 0 Å². The summed E-state index contributed by atoms with van der Waals surface area (Å²) in [6.07, 6.45) is 7.23. The molecular formula is C32H35N3O2. The van der Waals surface area contributed by atoms with Gasteiger partial charge >= 0.3 is 0 Å². The number of nitrogens with zero attached hydrogens (tertiary/aromatic N) is 2. The Balaban J connectivity index is 1.74. The maximum absolute atomic E-state index is 12.3. The first kappa shape index (κ1) is 26.3. The lowest BCUT2D eigenvalue weighted by molar-refractivity contribution is -0.142. The molecule has 0 radical (unpaired) electrons. The molecule has 0 fully saturated rings. The molecule has 5 heteroatoms. The molecule has 3 unspecified atom stereocenters. The summed E-state index contributed by atoms with van der Waals surface area (Å²) in [7, 11) is 0. The first-order chi connectivity index (χ1) is 17.9. The number of hydrogen-bond donors (Lipinski definition) is 2. The largest absolute Gasteiger partial charge is 0.480 e. The van der Waals surface area contributed by atoms with E-state index in [0.717, 1.165) is 17.5 Å². The molecule has 5 nitrogen and oxygen atoms in total. The smallest absolute Gasteiger partial charge is 0.164 e. The van der Waals surface area contributed by atoms with Gasteiger partial charge in [0.25, 0.3) is 0 Å². The Morgan fingerprint density at radius 1 is 0.973 bits per heavy atom. The van der Waals surface area contributed by atoms with Gasteiger partial charge in [0.15, 0.2) is 5.60 Å². The van der Waals surface area contributed by atoms with Crippen molar-refractivity contribution >= 4 is 6.21 Å². The Labute approximate surface area is 220 Å². The van der Waals surface area contributed by atoms with Gasteiger partial charge in [-0.3, -0.25) is 4.99 Å². The fourth-order valence-corrected chi connectivity index (χ4v) is 5.19. The van der Waals surface area contributed by atoms with Crippen LogP contribution in [0.2, 0.25) is 0 Å². The Morgan fingerprint density at radius 2 is 1.57 bits per heavy atom. The van der Waals surface area contributed by atoms with Gasteiger partial charge in [0.1, 0.15) is 23.0 Å². The van der Waals surface area contributed by atoms with Gasteiger partial charge in [-0.2, -0.15) is 5.26 Å². The highest BCUT2D eigenvalue weighted by Crippen LogP contribution is 2.45. The van der Waals surface area contributed by atoms with Gasteiger partial charge in [0, 0.05) is 12.8 Å². The van der Waals surface area contributed by atoms with Crippen LogP contribution in [0.4, 0.5) is 0 Å². The summed E-state index contributed by atoms with van der Waals surface area (Å²) in [5, 5.41) is 25.6. The zero-order valence-electron chi connectivity index (χ0n) is 21.8. The fourth-order valence-electron chi connectivity index (χ4n) is 5.19. The molecule has 3 aromatic carbocycles. The predicted molar refractivity (Wildman–Crippen MR) is 149 cm³/mol. The van der Waals surface area contributed by atoms with Gasteiger partial charge in [0.05, 0.1) is 11.6 Å². The van der Waals surface area contributed by atoms with Crippen molar-refractivity contribution in [1.29, 1.82) is 5.26 Å². The quantitative estimate of drug-likeness (QED) is 0.343. The molecule has 0 bridgehead atoms. The lowest BCUT2D eigenvalue weighted by Gasteiger charge is -2.51. The topological polar surface area (TPSA) is 77.6 Å². The van der Waals surface area contributed by atoms with Crippen molar-refractivity contribution < 1.29 is 9.84 Å². The molecule has 190 valence electrons. The lowest BCUT2D eigenvalue weighted by atomic mass is 9.68. The molecule has 0 amide bonds. The Morgan fingerprint density at radius 3 is 2.11 bits per heavy atom. The highest BCUT2D eigenvalue weighted by molar-refractivity contribution is 5.76. The van der Waals surface area contributed by atoms with Gasteiger partial charge in [-0.1, -0.05) is 92.2 Å². The zero-order valence-corrected chi connectivity index (χ0v) is 21.8. The minimum absolute atomic E-state index is 0.130. The number of hydrogen-bond acceptors (Lipinski definition) is 5. The van der Waals surface area contributed by atoms with Crippen LogP contribution in [0.5, 0.6) is 5.75 Å². The van der Waals surface area contributed by atoms with Crippen LogP contribution in [0.25, 0.3) is 0 Å². The number of rotatable bonds is 11. The molecule has 4 rings (SSSR count). The van der Waals surface area contributed by atoms with Gasteiger partial charge in [-0.05, 0) is 49.6 Å². The SMILES string of the molecule is CCCC1(C(C)(Oc2ccccc2C#N)C(C)(O)CNC(c2ccccc2)c2ccccc2)C=CC=N1. The lowest BCUT2D eigenvalue weighted by Crippen LogP contribution is -2.69. The normalized spacial score (nSPS) is 19.8. The summed E-state index contributed by atoms with van der Waals surface area (Å²) >= 11 is 0.